The second kappa shape index (κ2) is 14.0. The first kappa shape index (κ1) is 29.8. The summed E-state index contributed by atoms with van der Waals surface area (Å²) >= 11 is 0. The van der Waals surface area contributed by atoms with Crippen LogP contribution in [0.2, 0.25) is 0 Å². The van der Waals surface area contributed by atoms with Crippen LogP contribution in [0.3, 0.4) is 0 Å². The average Bonchev–Trinajstić information content (AvgIpc) is 3.01. The number of nitrogens with zero attached hydrogens (tertiary/aromatic N) is 1. The van der Waals surface area contributed by atoms with Gasteiger partial charge in [0.1, 0.15) is 0 Å². The molecule has 2 amide bonds. The number of fused-ring (bicyclic) bond motifs is 1. The Labute approximate surface area is 249 Å². The molecular formula is C33H35FN4O5. The fraction of sp³-hybridized carbons (Fsp3) is 0.303. The lowest BCUT2D eigenvalue weighted by atomic mass is 9.99. The number of aryl methyl sites for hydroxylation is 1. The quantitative estimate of drug-likeness (QED) is 0.220. The molecule has 3 aromatic carbocycles. The first-order valence-corrected chi connectivity index (χ1v) is 14.3. The SMILES string of the molecule is COc1c(OCC2CCNCC2)cc2ncccc2c1Oc1ccc(NC(=O)C(=O)NCCc2cccc(C)c2)cc1F. The summed E-state index contributed by atoms with van der Waals surface area (Å²) in [4.78, 5) is 29.2. The van der Waals surface area contributed by atoms with E-state index < -0.39 is 17.6 Å². The van der Waals surface area contributed by atoms with Crippen molar-refractivity contribution in [2.24, 2.45) is 5.92 Å². The minimum absolute atomic E-state index is 0.0976. The second-order valence-electron chi connectivity index (χ2n) is 10.5. The van der Waals surface area contributed by atoms with E-state index >= 15 is 4.39 Å². The molecule has 2 heterocycles. The molecule has 3 N–H and O–H groups in total. The van der Waals surface area contributed by atoms with Gasteiger partial charge in [-0.15, -0.1) is 0 Å². The summed E-state index contributed by atoms with van der Waals surface area (Å²) in [5, 5.41) is 8.99. The van der Waals surface area contributed by atoms with Crippen molar-refractivity contribution in [3.05, 3.63) is 83.8 Å². The van der Waals surface area contributed by atoms with Gasteiger partial charge < -0.3 is 30.2 Å². The van der Waals surface area contributed by atoms with E-state index in [9.17, 15) is 9.59 Å². The lowest BCUT2D eigenvalue weighted by Crippen LogP contribution is -2.36. The van der Waals surface area contributed by atoms with Crippen LogP contribution in [0.1, 0.15) is 24.0 Å². The zero-order valence-corrected chi connectivity index (χ0v) is 24.2. The maximum atomic E-state index is 15.3. The van der Waals surface area contributed by atoms with E-state index in [1.165, 1.54) is 19.2 Å². The third-order valence-electron chi connectivity index (χ3n) is 7.31. The van der Waals surface area contributed by atoms with Gasteiger partial charge in [-0.2, -0.15) is 0 Å². The predicted molar refractivity (Wildman–Crippen MR) is 162 cm³/mol. The van der Waals surface area contributed by atoms with Crippen molar-refractivity contribution in [1.82, 2.24) is 15.6 Å². The number of halogens is 1. The zero-order valence-electron chi connectivity index (χ0n) is 24.2. The number of methoxy groups -OCH3 is 1. The van der Waals surface area contributed by atoms with Crippen LogP contribution in [0.5, 0.6) is 23.0 Å². The molecule has 9 nitrogen and oxygen atoms in total. The molecule has 0 radical (unpaired) electrons. The summed E-state index contributed by atoms with van der Waals surface area (Å²) in [6.07, 6.45) is 4.27. The molecule has 0 aliphatic carbocycles. The normalized spacial score (nSPS) is 13.4. The molecule has 0 unspecified atom stereocenters. The van der Waals surface area contributed by atoms with E-state index in [1.54, 1.807) is 24.4 Å². The standard InChI is InChI=1S/C33H35FN4O5/c1-21-5-3-6-22(17-21)12-16-37-32(39)33(40)38-24-8-9-28(26(34)18-24)43-30-25-7-4-13-36-27(25)19-29(31(30)41-2)42-20-23-10-14-35-15-11-23/h3-9,13,17-19,23,35H,10-12,14-16,20H2,1-2H3,(H,37,39)(H,38,40). The number of ether oxygens (including phenoxy) is 3. The third kappa shape index (κ3) is 7.58. The monoisotopic (exact) mass is 586 g/mol. The number of anilines is 1. The molecule has 5 rings (SSSR count). The van der Waals surface area contributed by atoms with Gasteiger partial charge in [-0.25, -0.2) is 4.39 Å². The summed E-state index contributed by atoms with van der Waals surface area (Å²) in [5.41, 5.74) is 2.89. The Morgan fingerprint density at radius 3 is 2.60 bits per heavy atom. The fourth-order valence-corrected chi connectivity index (χ4v) is 5.03. The van der Waals surface area contributed by atoms with Crippen molar-refractivity contribution in [3.8, 4) is 23.0 Å². The van der Waals surface area contributed by atoms with Crippen LogP contribution in [0, 0.1) is 18.7 Å². The molecular weight excluding hydrogens is 551 g/mol. The van der Waals surface area contributed by atoms with Crippen molar-refractivity contribution in [2.75, 3.05) is 38.7 Å². The first-order chi connectivity index (χ1) is 20.9. The molecule has 0 bridgehead atoms. The number of aromatic nitrogens is 1. The van der Waals surface area contributed by atoms with E-state index in [-0.39, 0.29) is 17.2 Å². The molecule has 1 saturated heterocycles. The Bertz CT molecular complexity index is 1610. The van der Waals surface area contributed by atoms with Crippen LogP contribution in [-0.4, -0.2) is 50.1 Å². The highest BCUT2D eigenvalue weighted by molar-refractivity contribution is 6.39. The third-order valence-corrected chi connectivity index (χ3v) is 7.31. The van der Waals surface area contributed by atoms with Crippen LogP contribution in [0.4, 0.5) is 10.1 Å². The predicted octanol–water partition coefficient (Wildman–Crippen LogP) is 5.16. The molecule has 4 aromatic rings. The van der Waals surface area contributed by atoms with Crippen LogP contribution in [-0.2, 0) is 16.0 Å². The van der Waals surface area contributed by atoms with Gasteiger partial charge in [0.2, 0.25) is 5.75 Å². The minimum atomic E-state index is -0.894. The number of piperidine rings is 1. The van der Waals surface area contributed by atoms with Gasteiger partial charge in [-0.1, -0.05) is 29.8 Å². The number of benzene rings is 3. The van der Waals surface area contributed by atoms with E-state index in [0.717, 1.165) is 43.1 Å². The fourth-order valence-electron chi connectivity index (χ4n) is 5.03. The van der Waals surface area contributed by atoms with Crippen LogP contribution in [0.25, 0.3) is 10.9 Å². The maximum Gasteiger partial charge on any atom is 0.313 e. The molecule has 43 heavy (non-hydrogen) atoms. The Morgan fingerprint density at radius 1 is 1.00 bits per heavy atom. The highest BCUT2D eigenvalue weighted by atomic mass is 19.1. The van der Waals surface area contributed by atoms with Crippen molar-refractivity contribution >= 4 is 28.4 Å². The Hall–Kier alpha value is -4.70. The van der Waals surface area contributed by atoms with Gasteiger partial charge in [-0.05, 0) is 75.0 Å². The van der Waals surface area contributed by atoms with Gasteiger partial charge in [0.15, 0.2) is 23.1 Å². The topological polar surface area (TPSA) is 111 Å². The van der Waals surface area contributed by atoms with Gasteiger partial charge in [0.25, 0.3) is 0 Å². The van der Waals surface area contributed by atoms with Crippen molar-refractivity contribution < 1.29 is 28.2 Å². The summed E-state index contributed by atoms with van der Waals surface area (Å²) in [6.45, 7) is 4.70. The molecule has 10 heteroatoms. The highest BCUT2D eigenvalue weighted by Crippen LogP contribution is 2.45. The second-order valence-corrected chi connectivity index (χ2v) is 10.5. The summed E-state index contributed by atoms with van der Waals surface area (Å²) in [7, 11) is 1.50. The number of rotatable bonds is 10. The first-order valence-electron chi connectivity index (χ1n) is 14.3. The largest absolute Gasteiger partial charge is 0.490 e. The van der Waals surface area contributed by atoms with Gasteiger partial charge >= 0.3 is 11.8 Å². The van der Waals surface area contributed by atoms with Crippen LogP contribution < -0.4 is 30.2 Å². The summed E-state index contributed by atoms with van der Waals surface area (Å²) in [5.74, 6) is -1.08. The minimum Gasteiger partial charge on any atom is -0.490 e. The van der Waals surface area contributed by atoms with Gasteiger partial charge in [-0.3, -0.25) is 14.6 Å². The maximum absolute atomic E-state index is 15.3. The molecule has 1 aliphatic heterocycles. The lowest BCUT2D eigenvalue weighted by Gasteiger charge is -2.24. The van der Waals surface area contributed by atoms with Gasteiger partial charge in [0, 0.05) is 35.9 Å². The molecule has 1 fully saturated rings. The summed E-state index contributed by atoms with van der Waals surface area (Å²) < 4.78 is 33.2. The van der Waals surface area contributed by atoms with E-state index in [2.05, 4.69) is 20.9 Å². The van der Waals surface area contributed by atoms with E-state index in [0.29, 0.717) is 47.9 Å². The Morgan fingerprint density at radius 2 is 1.84 bits per heavy atom. The van der Waals surface area contributed by atoms with E-state index in [4.69, 9.17) is 14.2 Å². The number of carbonyl (C=O) groups is 2. The average molecular weight is 587 g/mol. The molecule has 0 atom stereocenters. The number of carbonyl (C=O) groups excluding carboxylic acids is 2. The van der Waals surface area contributed by atoms with Crippen LogP contribution in [0.15, 0.2) is 66.9 Å². The summed E-state index contributed by atoms with van der Waals surface area (Å²) in [6, 6.07) is 17.2. The molecule has 1 aromatic heterocycles. The number of pyridine rings is 1. The molecule has 0 saturated carbocycles. The van der Waals surface area contributed by atoms with Crippen molar-refractivity contribution in [2.45, 2.75) is 26.2 Å². The van der Waals surface area contributed by atoms with E-state index in [1.807, 2.05) is 31.2 Å². The number of hydrogen-bond donors (Lipinski definition) is 3. The highest BCUT2D eigenvalue weighted by Gasteiger charge is 2.22. The smallest absolute Gasteiger partial charge is 0.313 e. The Kier molecular flexibility index (Phi) is 9.68. The van der Waals surface area contributed by atoms with Crippen molar-refractivity contribution in [3.63, 3.8) is 0 Å². The molecule has 224 valence electrons. The lowest BCUT2D eigenvalue weighted by molar-refractivity contribution is -0.136. The van der Waals surface area contributed by atoms with Crippen molar-refractivity contribution in [1.29, 1.82) is 0 Å². The van der Waals surface area contributed by atoms with Gasteiger partial charge in [0.05, 0.1) is 19.2 Å². The Balaban J connectivity index is 1.27. The molecule has 0 spiro atoms. The number of nitrogens with one attached hydrogen (secondary N) is 3. The number of amides is 2. The zero-order chi connectivity index (χ0) is 30.2. The molecule has 1 aliphatic rings. The number of hydrogen-bond acceptors (Lipinski definition) is 7. The van der Waals surface area contributed by atoms with Crippen LogP contribution >= 0.6 is 0 Å².